The second-order valence-electron chi connectivity index (χ2n) is 7.27. The Hall–Kier alpha value is -2.83. The molecule has 7 heteroatoms. The molecule has 1 atom stereocenters. The molecule has 1 aliphatic rings. The molecule has 1 saturated heterocycles. The summed E-state index contributed by atoms with van der Waals surface area (Å²) in [5, 5.41) is 7.08. The molecule has 144 valence electrons. The van der Waals surface area contributed by atoms with E-state index >= 15 is 0 Å². The third-order valence-electron chi connectivity index (χ3n) is 5.16. The van der Waals surface area contributed by atoms with Crippen molar-refractivity contribution < 1.29 is 14.3 Å². The number of amides is 2. The first-order valence-electron chi connectivity index (χ1n) is 9.11. The number of hydrogen-bond donors (Lipinski definition) is 1. The molecule has 0 saturated carbocycles. The minimum absolute atomic E-state index is 0.0344. The highest BCUT2D eigenvalue weighted by Crippen LogP contribution is 2.30. The van der Waals surface area contributed by atoms with E-state index in [1.807, 2.05) is 31.2 Å². The van der Waals surface area contributed by atoms with Crippen LogP contribution in [0.3, 0.4) is 0 Å². The summed E-state index contributed by atoms with van der Waals surface area (Å²) in [5.74, 6) is 0.646. The number of hydrogen-bond acceptors (Lipinski definition) is 4. The third-order valence-corrected chi connectivity index (χ3v) is 5.16. The topological polar surface area (TPSA) is 76.5 Å². The Morgan fingerprint density at radius 2 is 2.15 bits per heavy atom. The molecule has 1 aliphatic heterocycles. The highest BCUT2D eigenvalue weighted by Gasteiger charge is 2.39. The SMILES string of the molecule is COc1cccc(CNC(=O)C2(C)CCCN(C(=O)c3ccnn3C)C2)c1. The molecule has 2 heterocycles. The average molecular weight is 370 g/mol. The van der Waals surface area contributed by atoms with Crippen molar-refractivity contribution in [2.75, 3.05) is 20.2 Å². The maximum absolute atomic E-state index is 12.9. The van der Waals surface area contributed by atoms with Gasteiger partial charge in [-0.2, -0.15) is 5.10 Å². The number of piperidine rings is 1. The van der Waals surface area contributed by atoms with Gasteiger partial charge >= 0.3 is 0 Å². The summed E-state index contributed by atoms with van der Waals surface area (Å²) in [6.45, 7) is 3.42. The molecule has 0 radical (unpaired) electrons. The van der Waals surface area contributed by atoms with E-state index in [9.17, 15) is 9.59 Å². The van der Waals surface area contributed by atoms with Crippen molar-refractivity contribution in [3.63, 3.8) is 0 Å². The number of rotatable bonds is 5. The van der Waals surface area contributed by atoms with Crippen LogP contribution in [-0.4, -0.2) is 46.7 Å². The first-order chi connectivity index (χ1) is 12.9. The Kier molecular flexibility index (Phi) is 5.48. The van der Waals surface area contributed by atoms with Gasteiger partial charge in [0.2, 0.25) is 5.91 Å². The summed E-state index contributed by atoms with van der Waals surface area (Å²) < 4.78 is 6.79. The summed E-state index contributed by atoms with van der Waals surface area (Å²) in [6, 6.07) is 9.33. The van der Waals surface area contributed by atoms with Crippen LogP contribution in [0.25, 0.3) is 0 Å². The minimum Gasteiger partial charge on any atom is -0.497 e. The van der Waals surface area contributed by atoms with Gasteiger partial charge in [-0.15, -0.1) is 0 Å². The van der Waals surface area contributed by atoms with Gasteiger partial charge in [0.1, 0.15) is 11.4 Å². The lowest BCUT2D eigenvalue weighted by Crippen LogP contribution is -2.52. The van der Waals surface area contributed by atoms with E-state index < -0.39 is 5.41 Å². The molecular weight excluding hydrogens is 344 g/mol. The standard InChI is InChI=1S/C20H26N4O3/c1-20(19(26)21-13-15-6-4-7-16(12-15)27-3)9-5-11-24(14-20)18(25)17-8-10-22-23(17)2/h4,6-8,10,12H,5,9,11,13-14H2,1-3H3,(H,21,26). The van der Waals surface area contributed by atoms with Crippen molar-refractivity contribution in [3.05, 3.63) is 47.8 Å². The molecule has 1 unspecified atom stereocenters. The van der Waals surface area contributed by atoms with Crippen molar-refractivity contribution >= 4 is 11.8 Å². The first kappa shape index (κ1) is 18.9. The molecular formula is C20H26N4O3. The fraction of sp³-hybridized carbons (Fsp3) is 0.450. The second-order valence-corrected chi connectivity index (χ2v) is 7.27. The Labute approximate surface area is 159 Å². The monoisotopic (exact) mass is 370 g/mol. The second kappa shape index (κ2) is 7.82. The minimum atomic E-state index is -0.606. The molecule has 3 rings (SSSR count). The quantitative estimate of drug-likeness (QED) is 0.873. The van der Waals surface area contributed by atoms with E-state index in [1.165, 1.54) is 0 Å². The number of nitrogens with zero attached hydrogens (tertiary/aromatic N) is 3. The zero-order valence-electron chi connectivity index (χ0n) is 16.1. The zero-order chi connectivity index (χ0) is 19.4. The predicted octanol–water partition coefficient (Wildman–Crippen LogP) is 1.99. The van der Waals surface area contributed by atoms with Gasteiger partial charge in [-0.1, -0.05) is 12.1 Å². The normalized spacial score (nSPS) is 19.6. The number of aryl methyl sites for hydroxylation is 1. The number of likely N-dealkylation sites (tertiary alicyclic amines) is 1. The molecule has 2 amide bonds. The van der Waals surface area contributed by atoms with Crippen molar-refractivity contribution in [2.45, 2.75) is 26.3 Å². The highest BCUT2D eigenvalue weighted by atomic mass is 16.5. The van der Waals surface area contributed by atoms with Gasteiger partial charge in [0.25, 0.3) is 5.91 Å². The summed E-state index contributed by atoms with van der Waals surface area (Å²) in [6.07, 6.45) is 3.16. The molecule has 1 aromatic carbocycles. The van der Waals surface area contributed by atoms with Gasteiger partial charge in [0.15, 0.2) is 0 Å². The first-order valence-corrected chi connectivity index (χ1v) is 9.11. The predicted molar refractivity (Wildman–Crippen MR) is 101 cm³/mol. The molecule has 27 heavy (non-hydrogen) atoms. The van der Waals surface area contributed by atoms with Crippen LogP contribution >= 0.6 is 0 Å². The number of methoxy groups -OCH3 is 1. The molecule has 0 spiro atoms. The van der Waals surface area contributed by atoms with Crippen molar-refractivity contribution in [3.8, 4) is 5.75 Å². The summed E-state index contributed by atoms with van der Waals surface area (Å²) in [4.78, 5) is 27.4. The van der Waals surface area contributed by atoms with E-state index in [-0.39, 0.29) is 11.8 Å². The Morgan fingerprint density at radius 3 is 2.85 bits per heavy atom. The fourth-order valence-corrected chi connectivity index (χ4v) is 3.52. The average Bonchev–Trinajstić information content (AvgIpc) is 3.11. The Bertz CT molecular complexity index is 832. The lowest BCUT2D eigenvalue weighted by molar-refractivity contribution is -0.132. The van der Waals surface area contributed by atoms with E-state index in [0.29, 0.717) is 25.3 Å². The number of ether oxygens (including phenoxy) is 1. The third kappa shape index (κ3) is 4.13. The Morgan fingerprint density at radius 1 is 1.33 bits per heavy atom. The maximum Gasteiger partial charge on any atom is 0.272 e. The van der Waals surface area contributed by atoms with Crippen molar-refractivity contribution in [1.82, 2.24) is 20.0 Å². The molecule has 1 fully saturated rings. The van der Waals surface area contributed by atoms with Crippen molar-refractivity contribution in [2.24, 2.45) is 12.5 Å². The summed E-state index contributed by atoms with van der Waals surface area (Å²) in [5.41, 5.74) is 0.909. The van der Waals surface area contributed by atoms with Crippen LogP contribution in [-0.2, 0) is 18.4 Å². The van der Waals surface area contributed by atoms with E-state index in [1.54, 1.807) is 36.0 Å². The zero-order valence-corrected chi connectivity index (χ0v) is 16.1. The van der Waals surface area contributed by atoms with Crippen LogP contribution in [0, 0.1) is 5.41 Å². The molecule has 1 N–H and O–H groups in total. The maximum atomic E-state index is 12.9. The molecule has 0 bridgehead atoms. The fourth-order valence-electron chi connectivity index (χ4n) is 3.52. The van der Waals surface area contributed by atoms with Crippen LogP contribution in [0.1, 0.15) is 35.8 Å². The molecule has 1 aromatic heterocycles. The summed E-state index contributed by atoms with van der Waals surface area (Å²) >= 11 is 0. The molecule has 2 aromatic rings. The van der Waals surface area contributed by atoms with Crippen LogP contribution in [0.5, 0.6) is 5.75 Å². The van der Waals surface area contributed by atoms with E-state index in [2.05, 4.69) is 10.4 Å². The van der Waals surface area contributed by atoms with Gasteiger partial charge < -0.3 is 15.0 Å². The number of carbonyl (C=O) groups excluding carboxylic acids is 2. The summed E-state index contributed by atoms with van der Waals surface area (Å²) in [7, 11) is 3.37. The van der Waals surface area contributed by atoms with Gasteiger partial charge in [-0.3, -0.25) is 14.3 Å². The highest BCUT2D eigenvalue weighted by molar-refractivity contribution is 5.93. The van der Waals surface area contributed by atoms with Crippen molar-refractivity contribution in [1.29, 1.82) is 0 Å². The number of carbonyl (C=O) groups is 2. The smallest absolute Gasteiger partial charge is 0.272 e. The van der Waals surface area contributed by atoms with Crippen LogP contribution in [0.15, 0.2) is 36.5 Å². The lowest BCUT2D eigenvalue weighted by Gasteiger charge is -2.39. The van der Waals surface area contributed by atoms with Gasteiger partial charge in [0.05, 0.1) is 12.5 Å². The number of nitrogens with one attached hydrogen (secondary N) is 1. The van der Waals surface area contributed by atoms with Gasteiger partial charge in [-0.05, 0) is 43.5 Å². The number of aromatic nitrogens is 2. The van der Waals surface area contributed by atoms with E-state index in [4.69, 9.17) is 4.74 Å². The van der Waals surface area contributed by atoms with Gasteiger partial charge in [-0.25, -0.2) is 0 Å². The van der Waals surface area contributed by atoms with Crippen LogP contribution in [0.2, 0.25) is 0 Å². The number of benzene rings is 1. The van der Waals surface area contributed by atoms with Crippen LogP contribution in [0.4, 0.5) is 0 Å². The Balaban J connectivity index is 1.64. The lowest BCUT2D eigenvalue weighted by atomic mass is 9.80. The van der Waals surface area contributed by atoms with Gasteiger partial charge in [0, 0.05) is 32.9 Å². The largest absolute Gasteiger partial charge is 0.497 e. The molecule has 7 nitrogen and oxygen atoms in total. The molecule has 0 aliphatic carbocycles. The van der Waals surface area contributed by atoms with E-state index in [0.717, 1.165) is 24.2 Å². The van der Waals surface area contributed by atoms with Crippen LogP contribution < -0.4 is 10.1 Å².